The number of aryl methyl sites for hydroxylation is 1. The van der Waals surface area contributed by atoms with Crippen LogP contribution in [0, 0.1) is 12.8 Å². The zero-order valence-corrected chi connectivity index (χ0v) is 11.7. The molecular formula is C14H24N4. The summed E-state index contributed by atoms with van der Waals surface area (Å²) in [6, 6.07) is 2.00. The number of rotatable bonds is 3. The number of nitrogen functional groups attached to an aromatic ring is 1. The minimum atomic E-state index is 0.743. The molecule has 1 aliphatic heterocycles. The third-order valence-electron chi connectivity index (χ3n) is 3.37. The Hall–Kier alpha value is -1.29. The summed E-state index contributed by atoms with van der Waals surface area (Å²) in [6.45, 7) is 12.2. The Morgan fingerprint density at radius 3 is 2.50 bits per heavy atom. The summed E-state index contributed by atoms with van der Waals surface area (Å²) in [5, 5.41) is 0. The van der Waals surface area contributed by atoms with Gasteiger partial charge in [0.1, 0.15) is 5.82 Å². The van der Waals surface area contributed by atoms with Gasteiger partial charge >= 0.3 is 0 Å². The SMILES string of the molecule is Cc1cc(N)cnc1N1CCN(CC(C)C)CC1. The second-order valence-corrected chi connectivity index (χ2v) is 5.59. The van der Waals surface area contributed by atoms with Gasteiger partial charge in [-0.25, -0.2) is 4.98 Å². The van der Waals surface area contributed by atoms with E-state index < -0.39 is 0 Å². The van der Waals surface area contributed by atoms with E-state index in [4.69, 9.17) is 5.73 Å². The van der Waals surface area contributed by atoms with Crippen LogP contribution in [0.1, 0.15) is 19.4 Å². The average molecular weight is 248 g/mol. The van der Waals surface area contributed by atoms with Crippen LogP contribution in [0.4, 0.5) is 11.5 Å². The molecule has 0 atom stereocenters. The third-order valence-corrected chi connectivity index (χ3v) is 3.37. The van der Waals surface area contributed by atoms with E-state index in [0.29, 0.717) is 0 Å². The quantitative estimate of drug-likeness (QED) is 0.885. The lowest BCUT2D eigenvalue weighted by Crippen LogP contribution is -2.47. The predicted octanol–water partition coefficient (Wildman–Crippen LogP) is 1.75. The highest BCUT2D eigenvalue weighted by Crippen LogP contribution is 2.20. The molecule has 1 aliphatic rings. The van der Waals surface area contributed by atoms with Crippen LogP contribution in [0.3, 0.4) is 0 Å². The van der Waals surface area contributed by atoms with Crippen molar-refractivity contribution in [3.05, 3.63) is 17.8 Å². The van der Waals surface area contributed by atoms with E-state index in [-0.39, 0.29) is 0 Å². The summed E-state index contributed by atoms with van der Waals surface area (Å²) >= 11 is 0. The molecule has 100 valence electrons. The predicted molar refractivity (Wildman–Crippen MR) is 76.9 cm³/mol. The van der Waals surface area contributed by atoms with E-state index in [2.05, 4.69) is 35.6 Å². The van der Waals surface area contributed by atoms with Gasteiger partial charge in [0.05, 0.1) is 11.9 Å². The molecule has 0 amide bonds. The van der Waals surface area contributed by atoms with E-state index in [1.165, 1.54) is 12.1 Å². The largest absolute Gasteiger partial charge is 0.397 e. The van der Waals surface area contributed by atoms with E-state index in [1.54, 1.807) is 6.20 Å². The molecule has 1 aromatic heterocycles. The maximum absolute atomic E-state index is 5.74. The van der Waals surface area contributed by atoms with Crippen LogP contribution in [0.25, 0.3) is 0 Å². The molecule has 0 spiro atoms. The van der Waals surface area contributed by atoms with Crippen LogP contribution in [0.15, 0.2) is 12.3 Å². The molecule has 18 heavy (non-hydrogen) atoms. The molecule has 0 unspecified atom stereocenters. The Balaban J connectivity index is 1.97. The van der Waals surface area contributed by atoms with Gasteiger partial charge in [-0.15, -0.1) is 0 Å². The highest BCUT2D eigenvalue weighted by molar-refractivity contribution is 5.52. The first-order valence-corrected chi connectivity index (χ1v) is 6.75. The molecule has 0 aromatic carbocycles. The van der Waals surface area contributed by atoms with Gasteiger partial charge in [0.2, 0.25) is 0 Å². The fraction of sp³-hybridized carbons (Fsp3) is 0.643. The Morgan fingerprint density at radius 2 is 1.94 bits per heavy atom. The fourth-order valence-electron chi connectivity index (χ4n) is 2.58. The van der Waals surface area contributed by atoms with Crippen LogP contribution in [0.2, 0.25) is 0 Å². The first-order chi connectivity index (χ1) is 8.56. The summed E-state index contributed by atoms with van der Waals surface area (Å²) < 4.78 is 0. The highest BCUT2D eigenvalue weighted by atomic mass is 15.3. The molecule has 0 radical (unpaired) electrons. The first kappa shape index (κ1) is 13.1. The van der Waals surface area contributed by atoms with Gasteiger partial charge in [0.15, 0.2) is 0 Å². The van der Waals surface area contributed by atoms with Gasteiger partial charge in [-0.05, 0) is 24.5 Å². The number of hydrogen-bond donors (Lipinski definition) is 1. The zero-order chi connectivity index (χ0) is 13.1. The molecule has 0 aliphatic carbocycles. The van der Waals surface area contributed by atoms with Crippen molar-refractivity contribution < 1.29 is 0 Å². The summed E-state index contributed by atoms with van der Waals surface area (Å²) in [4.78, 5) is 9.37. The van der Waals surface area contributed by atoms with Crippen LogP contribution in [0.5, 0.6) is 0 Å². The van der Waals surface area contributed by atoms with Crippen molar-refractivity contribution in [2.24, 2.45) is 5.92 Å². The summed E-state index contributed by atoms with van der Waals surface area (Å²) in [5.74, 6) is 1.83. The van der Waals surface area contributed by atoms with Crippen LogP contribution < -0.4 is 10.6 Å². The standard InChI is InChI=1S/C14H24N4/c1-11(2)10-17-4-6-18(7-5-17)14-12(3)8-13(15)9-16-14/h8-9,11H,4-7,10,15H2,1-3H3. The second kappa shape index (κ2) is 5.57. The lowest BCUT2D eigenvalue weighted by molar-refractivity contribution is 0.231. The molecule has 1 fully saturated rings. The number of aromatic nitrogens is 1. The average Bonchev–Trinajstić information content (AvgIpc) is 2.30. The fourth-order valence-corrected chi connectivity index (χ4v) is 2.58. The van der Waals surface area contributed by atoms with E-state index in [9.17, 15) is 0 Å². The van der Waals surface area contributed by atoms with Gasteiger partial charge in [0, 0.05) is 32.7 Å². The summed E-state index contributed by atoms with van der Waals surface area (Å²) in [5.41, 5.74) is 7.66. The molecule has 4 heteroatoms. The summed E-state index contributed by atoms with van der Waals surface area (Å²) in [6.07, 6.45) is 1.75. The topological polar surface area (TPSA) is 45.4 Å². The molecule has 2 heterocycles. The van der Waals surface area contributed by atoms with Crippen molar-refractivity contribution in [2.45, 2.75) is 20.8 Å². The monoisotopic (exact) mass is 248 g/mol. The Kier molecular flexibility index (Phi) is 4.07. The highest BCUT2D eigenvalue weighted by Gasteiger charge is 2.19. The number of pyridine rings is 1. The molecule has 2 rings (SSSR count). The molecule has 1 saturated heterocycles. The minimum absolute atomic E-state index is 0.743. The normalized spacial score (nSPS) is 17.4. The number of hydrogen-bond acceptors (Lipinski definition) is 4. The Bertz CT molecular complexity index is 395. The number of nitrogens with zero attached hydrogens (tertiary/aromatic N) is 3. The number of anilines is 2. The van der Waals surface area contributed by atoms with Crippen molar-refractivity contribution in [1.29, 1.82) is 0 Å². The van der Waals surface area contributed by atoms with Crippen LogP contribution >= 0.6 is 0 Å². The minimum Gasteiger partial charge on any atom is -0.397 e. The van der Waals surface area contributed by atoms with Gasteiger partial charge in [-0.3, -0.25) is 4.90 Å². The van der Waals surface area contributed by atoms with Crippen molar-refractivity contribution >= 4 is 11.5 Å². The number of piperazine rings is 1. The van der Waals surface area contributed by atoms with E-state index in [0.717, 1.165) is 43.6 Å². The van der Waals surface area contributed by atoms with Gasteiger partial charge in [0.25, 0.3) is 0 Å². The maximum atomic E-state index is 5.74. The van der Waals surface area contributed by atoms with Crippen molar-refractivity contribution in [3.8, 4) is 0 Å². The van der Waals surface area contributed by atoms with E-state index in [1.807, 2.05) is 6.07 Å². The molecule has 0 saturated carbocycles. The zero-order valence-electron chi connectivity index (χ0n) is 11.7. The van der Waals surface area contributed by atoms with Gasteiger partial charge in [-0.1, -0.05) is 13.8 Å². The van der Waals surface area contributed by atoms with Gasteiger partial charge in [-0.2, -0.15) is 0 Å². The Labute approximate surface area is 110 Å². The van der Waals surface area contributed by atoms with Crippen molar-refractivity contribution in [3.63, 3.8) is 0 Å². The molecule has 0 bridgehead atoms. The third kappa shape index (κ3) is 3.13. The van der Waals surface area contributed by atoms with E-state index >= 15 is 0 Å². The lowest BCUT2D eigenvalue weighted by Gasteiger charge is -2.36. The lowest BCUT2D eigenvalue weighted by atomic mass is 10.2. The Morgan fingerprint density at radius 1 is 1.28 bits per heavy atom. The summed E-state index contributed by atoms with van der Waals surface area (Å²) in [7, 11) is 0. The molecular weight excluding hydrogens is 224 g/mol. The first-order valence-electron chi connectivity index (χ1n) is 6.75. The van der Waals surface area contributed by atoms with Crippen molar-refractivity contribution in [1.82, 2.24) is 9.88 Å². The molecule has 4 nitrogen and oxygen atoms in total. The maximum Gasteiger partial charge on any atom is 0.131 e. The smallest absolute Gasteiger partial charge is 0.131 e. The van der Waals surface area contributed by atoms with Crippen molar-refractivity contribution in [2.75, 3.05) is 43.4 Å². The van der Waals surface area contributed by atoms with Crippen LogP contribution in [-0.2, 0) is 0 Å². The second-order valence-electron chi connectivity index (χ2n) is 5.59. The van der Waals surface area contributed by atoms with Crippen LogP contribution in [-0.4, -0.2) is 42.6 Å². The molecule has 1 aromatic rings. The molecule has 2 N–H and O–H groups in total. The van der Waals surface area contributed by atoms with Gasteiger partial charge < -0.3 is 10.6 Å². The number of nitrogens with two attached hydrogens (primary N) is 1.